The number of carbonyl (C=O) groups is 1. The van der Waals surface area contributed by atoms with Crippen LogP contribution < -0.4 is 0 Å². The maximum absolute atomic E-state index is 11.8. The summed E-state index contributed by atoms with van der Waals surface area (Å²) in [6.45, 7) is 4.50. The van der Waals surface area contributed by atoms with Crippen molar-refractivity contribution in [3.63, 3.8) is 0 Å². The summed E-state index contributed by atoms with van der Waals surface area (Å²) in [4.78, 5) is 20.7. The number of imidazole rings is 1. The number of hydrogen-bond acceptors (Lipinski definition) is 6. The molecule has 0 aromatic carbocycles. The van der Waals surface area contributed by atoms with Crippen molar-refractivity contribution in [2.75, 3.05) is 12.9 Å². The zero-order valence-corrected chi connectivity index (χ0v) is 16.5. The molecule has 0 unspecified atom stereocenters. The number of nitrogens with zero attached hydrogens (tertiary/aromatic N) is 5. The molecule has 0 atom stereocenters. The number of esters is 1. The van der Waals surface area contributed by atoms with Gasteiger partial charge in [-0.3, -0.25) is 13.9 Å². The lowest BCUT2D eigenvalue weighted by atomic mass is 10.2. The Morgan fingerprint density at radius 2 is 2.16 bits per heavy atom. The number of halogens is 1. The Balaban J connectivity index is 1.84. The first-order chi connectivity index (χ1) is 12.0. The quantitative estimate of drug-likeness (QED) is 0.447. The Labute approximate surface area is 157 Å². The first kappa shape index (κ1) is 17.9. The monoisotopic (exact) mass is 423 g/mol. The highest BCUT2D eigenvalue weighted by Crippen LogP contribution is 2.26. The molecule has 3 heterocycles. The minimum absolute atomic E-state index is 0.0881. The molecule has 3 aromatic heterocycles. The van der Waals surface area contributed by atoms with Crippen LogP contribution in [0.1, 0.15) is 13.8 Å². The molecule has 0 saturated heterocycles. The van der Waals surface area contributed by atoms with E-state index in [9.17, 15) is 4.79 Å². The van der Waals surface area contributed by atoms with Gasteiger partial charge in [-0.15, -0.1) is 11.8 Å². The van der Waals surface area contributed by atoms with Gasteiger partial charge in [-0.05, 0) is 28.1 Å². The summed E-state index contributed by atoms with van der Waals surface area (Å²) in [6.07, 6.45) is 9.14. The number of rotatable bonds is 6. The molecule has 0 fully saturated rings. The Hall–Kier alpha value is -1.87. The molecule has 0 amide bonds. The fraction of sp³-hybridized carbons (Fsp3) is 0.375. The maximum Gasteiger partial charge on any atom is 0.327 e. The predicted octanol–water partition coefficient (Wildman–Crippen LogP) is 3.28. The van der Waals surface area contributed by atoms with Crippen molar-refractivity contribution in [2.24, 2.45) is 5.92 Å². The van der Waals surface area contributed by atoms with Gasteiger partial charge in [0.25, 0.3) is 0 Å². The third kappa shape index (κ3) is 4.04. The van der Waals surface area contributed by atoms with Crippen LogP contribution >= 0.6 is 27.7 Å². The van der Waals surface area contributed by atoms with E-state index in [1.165, 1.54) is 11.8 Å². The summed E-state index contributed by atoms with van der Waals surface area (Å²) in [5.74, 6) is 0.0195. The summed E-state index contributed by atoms with van der Waals surface area (Å²) >= 11 is 4.96. The Bertz CT molecular complexity index is 905. The van der Waals surface area contributed by atoms with Gasteiger partial charge in [-0.1, -0.05) is 13.8 Å². The molecule has 0 bridgehead atoms. The zero-order valence-electron chi connectivity index (χ0n) is 14.1. The molecule has 0 spiro atoms. The fourth-order valence-corrected chi connectivity index (χ4v) is 3.33. The second-order valence-corrected chi connectivity index (χ2v) is 7.52. The Morgan fingerprint density at radius 3 is 2.88 bits per heavy atom. The second kappa shape index (κ2) is 7.57. The zero-order chi connectivity index (χ0) is 18.0. The number of fused-ring (bicyclic) bond motifs is 1. The molecule has 0 saturated carbocycles. The highest BCUT2D eigenvalue weighted by Gasteiger charge is 2.14. The summed E-state index contributed by atoms with van der Waals surface area (Å²) < 4.78 is 9.45. The van der Waals surface area contributed by atoms with Gasteiger partial charge in [0.15, 0.2) is 5.65 Å². The molecule has 0 aliphatic heterocycles. The number of hydrogen-bond donors (Lipinski definition) is 0. The van der Waals surface area contributed by atoms with E-state index in [4.69, 9.17) is 4.74 Å². The van der Waals surface area contributed by atoms with Crippen molar-refractivity contribution >= 4 is 39.3 Å². The van der Waals surface area contributed by atoms with E-state index in [1.807, 2.05) is 36.9 Å². The molecule has 0 aliphatic carbocycles. The molecule has 25 heavy (non-hydrogen) atoms. The van der Waals surface area contributed by atoms with Crippen LogP contribution in [-0.2, 0) is 16.1 Å². The molecule has 132 valence electrons. The third-order valence-electron chi connectivity index (χ3n) is 3.42. The lowest BCUT2D eigenvalue weighted by molar-refractivity contribution is -0.145. The van der Waals surface area contributed by atoms with Crippen LogP contribution in [0.5, 0.6) is 0 Å². The minimum Gasteiger partial charge on any atom is -0.464 e. The number of ether oxygens (including phenoxy) is 1. The molecule has 3 aromatic rings. The van der Waals surface area contributed by atoms with Crippen LogP contribution in [0.25, 0.3) is 16.9 Å². The van der Waals surface area contributed by atoms with Gasteiger partial charge in [-0.25, -0.2) is 9.97 Å². The van der Waals surface area contributed by atoms with Crippen molar-refractivity contribution in [3.8, 4) is 11.3 Å². The van der Waals surface area contributed by atoms with Crippen molar-refractivity contribution in [1.29, 1.82) is 0 Å². The molecular weight excluding hydrogens is 406 g/mol. The minimum atomic E-state index is -0.293. The van der Waals surface area contributed by atoms with E-state index in [-0.39, 0.29) is 12.5 Å². The van der Waals surface area contributed by atoms with Gasteiger partial charge >= 0.3 is 5.97 Å². The fourth-order valence-electron chi connectivity index (χ4n) is 2.30. The number of aromatic nitrogens is 5. The first-order valence-electron chi connectivity index (χ1n) is 7.74. The van der Waals surface area contributed by atoms with Crippen LogP contribution in [0, 0.1) is 5.92 Å². The Morgan fingerprint density at radius 1 is 1.36 bits per heavy atom. The van der Waals surface area contributed by atoms with Crippen molar-refractivity contribution in [1.82, 2.24) is 24.1 Å². The van der Waals surface area contributed by atoms with Crippen LogP contribution in [0.15, 0.2) is 34.4 Å². The second-order valence-electron chi connectivity index (χ2n) is 5.91. The molecule has 7 nitrogen and oxygen atoms in total. The van der Waals surface area contributed by atoms with Crippen molar-refractivity contribution in [2.45, 2.75) is 25.4 Å². The summed E-state index contributed by atoms with van der Waals surface area (Å²) in [5.41, 5.74) is 2.54. The summed E-state index contributed by atoms with van der Waals surface area (Å²) in [6, 6.07) is 0. The van der Waals surface area contributed by atoms with E-state index in [0.717, 1.165) is 26.5 Å². The van der Waals surface area contributed by atoms with Gasteiger partial charge in [-0.2, -0.15) is 5.10 Å². The summed E-state index contributed by atoms with van der Waals surface area (Å²) in [7, 11) is 0. The standard InChI is InChI=1S/C16H18BrN5O2S/c1-10(2)9-24-14(23)8-21-6-11(4-19-21)12-5-18-15-16(25-3)20-13(17)7-22(12)15/h4-7,10H,8-9H2,1-3H3. The van der Waals surface area contributed by atoms with Gasteiger partial charge < -0.3 is 4.74 Å². The molecule has 9 heteroatoms. The molecular formula is C16H18BrN5O2S. The van der Waals surface area contributed by atoms with Gasteiger partial charge in [0.1, 0.15) is 16.2 Å². The highest BCUT2D eigenvalue weighted by molar-refractivity contribution is 9.10. The normalized spacial score (nSPS) is 11.4. The van der Waals surface area contributed by atoms with E-state index in [2.05, 4.69) is 31.0 Å². The molecule has 0 radical (unpaired) electrons. The van der Waals surface area contributed by atoms with Crippen molar-refractivity contribution < 1.29 is 9.53 Å². The lowest BCUT2D eigenvalue weighted by Gasteiger charge is -2.06. The number of carbonyl (C=O) groups excluding carboxylic acids is 1. The Kier molecular flexibility index (Phi) is 5.43. The van der Waals surface area contributed by atoms with Gasteiger partial charge in [0, 0.05) is 18.0 Å². The van der Waals surface area contributed by atoms with Crippen LogP contribution in [0.4, 0.5) is 0 Å². The van der Waals surface area contributed by atoms with E-state index < -0.39 is 0 Å². The molecule has 0 N–H and O–H groups in total. The van der Waals surface area contributed by atoms with Crippen LogP contribution in [0.3, 0.4) is 0 Å². The smallest absolute Gasteiger partial charge is 0.327 e. The first-order valence-corrected chi connectivity index (χ1v) is 9.75. The van der Waals surface area contributed by atoms with Gasteiger partial charge in [0.2, 0.25) is 0 Å². The number of thioether (sulfide) groups is 1. The molecule has 3 rings (SSSR count). The van der Waals surface area contributed by atoms with E-state index in [0.29, 0.717) is 12.5 Å². The highest BCUT2D eigenvalue weighted by atomic mass is 79.9. The largest absolute Gasteiger partial charge is 0.464 e. The molecule has 0 aliphatic rings. The third-order valence-corrected chi connectivity index (χ3v) is 4.47. The maximum atomic E-state index is 11.8. The predicted molar refractivity (Wildman–Crippen MR) is 99.5 cm³/mol. The van der Waals surface area contributed by atoms with E-state index in [1.54, 1.807) is 17.1 Å². The topological polar surface area (TPSA) is 74.3 Å². The van der Waals surface area contributed by atoms with E-state index >= 15 is 0 Å². The van der Waals surface area contributed by atoms with Gasteiger partial charge in [0.05, 0.1) is 24.7 Å². The van der Waals surface area contributed by atoms with Crippen LogP contribution in [-0.4, -0.2) is 43.0 Å². The van der Waals surface area contributed by atoms with Crippen LogP contribution in [0.2, 0.25) is 0 Å². The SMILES string of the molecule is CSc1nc(Br)cn2c(-c3cnn(CC(=O)OCC(C)C)c3)cnc12. The van der Waals surface area contributed by atoms with Crippen molar-refractivity contribution in [3.05, 3.63) is 29.4 Å². The average molecular weight is 424 g/mol. The summed E-state index contributed by atoms with van der Waals surface area (Å²) in [5, 5.41) is 5.09. The average Bonchev–Trinajstić information content (AvgIpc) is 3.18. The lowest BCUT2D eigenvalue weighted by Crippen LogP contribution is -2.16.